The van der Waals surface area contributed by atoms with Gasteiger partial charge in [0, 0.05) is 0 Å². The Morgan fingerprint density at radius 2 is 1.33 bits per heavy atom. The first-order chi connectivity index (χ1) is 5.74. The summed E-state index contributed by atoms with van der Waals surface area (Å²) in [5, 5.41) is 0. The van der Waals surface area contributed by atoms with Gasteiger partial charge in [0.15, 0.2) is 0 Å². The molecule has 0 heteroatoms. The SMILES string of the molecule is CCCCC(CC)(CC)CCC. The fourth-order valence-electron chi connectivity index (χ4n) is 2.16. The molecule has 0 aliphatic heterocycles. The molecule has 0 rings (SSSR count). The molecule has 0 amide bonds. The summed E-state index contributed by atoms with van der Waals surface area (Å²) in [4.78, 5) is 0. The van der Waals surface area contributed by atoms with Gasteiger partial charge in [-0.15, -0.1) is 0 Å². The van der Waals surface area contributed by atoms with E-state index in [1.807, 2.05) is 0 Å². The molecule has 0 spiro atoms. The van der Waals surface area contributed by atoms with E-state index < -0.39 is 0 Å². The highest BCUT2D eigenvalue weighted by atomic mass is 14.3. The fraction of sp³-hybridized carbons (Fsp3) is 1.00. The van der Waals surface area contributed by atoms with E-state index in [1.54, 1.807) is 0 Å². The van der Waals surface area contributed by atoms with Crippen molar-refractivity contribution in [3.05, 3.63) is 0 Å². The van der Waals surface area contributed by atoms with Gasteiger partial charge >= 0.3 is 0 Å². The average molecular weight is 170 g/mol. The summed E-state index contributed by atoms with van der Waals surface area (Å²) >= 11 is 0. The van der Waals surface area contributed by atoms with Crippen molar-refractivity contribution in [2.24, 2.45) is 5.41 Å². The predicted octanol–water partition coefficient (Wildman–Crippen LogP) is 4.78. The van der Waals surface area contributed by atoms with Crippen molar-refractivity contribution < 1.29 is 0 Å². The third-order valence-corrected chi connectivity index (χ3v) is 3.34. The molecule has 0 N–H and O–H groups in total. The lowest BCUT2D eigenvalue weighted by Gasteiger charge is -2.31. The first kappa shape index (κ1) is 12.0. The first-order valence-corrected chi connectivity index (χ1v) is 5.74. The number of rotatable bonds is 7. The molecule has 0 unspecified atom stereocenters. The Labute approximate surface area is 78.8 Å². The molecule has 74 valence electrons. The molecule has 0 aromatic heterocycles. The lowest BCUT2D eigenvalue weighted by Crippen LogP contribution is -2.18. The van der Waals surface area contributed by atoms with Crippen LogP contribution in [0.4, 0.5) is 0 Å². The zero-order valence-electron chi connectivity index (χ0n) is 9.45. The van der Waals surface area contributed by atoms with Crippen LogP contribution in [0, 0.1) is 5.41 Å². The third-order valence-electron chi connectivity index (χ3n) is 3.34. The summed E-state index contributed by atoms with van der Waals surface area (Å²) in [6, 6.07) is 0. The molecule has 0 heterocycles. The van der Waals surface area contributed by atoms with Gasteiger partial charge in [0.25, 0.3) is 0 Å². The van der Waals surface area contributed by atoms with E-state index in [0.29, 0.717) is 5.41 Å². The van der Waals surface area contributed by atoms with Gasteiger partial charge in [0.1, 0.15) is 0 Å². The molecular formula is C12H26. The van der Waals surface area contributed by atoms with Gasteiger partial charge in [-0.2, -0.15) is 0 Å². The van der Waals surface area contributed by atoms with Gasteiger partial charge in [-0.05, 0) is 18.3 Å². The van der Waals surface area contributed by atoms with Gasteiger partial charge in [0.05, 0.1) is 0 Å². The van der Waals surface area contributed by atoms with Crippen molar-refractivity contribution in [2.45, 2.75) is 72.6 Å². The van der Waals surface area contributed by atoms with Crippen molar-refractivity contribution in [2.75, 3.05) is 0 Å². The van der Waals surface area contributed by atoms with E-state index in [-0.39, 0.29) is 0 Å². The van der Waals surface area contributed by atoms with Gasteiger partial charge in [-0.3, -0.25) is 0 Å². The van der Waals surface area contributed by atoms with E-state index in [4.69, 9.17) is 0 Å². The Bertz CT molecular complexity index is 90.2. The molecule has 0 aliphatic rings. The van der Waals surface area contributed by atoms with Crippen LogP contribution in [-0.2, 0) is 0 Å². The Hall–Kier alpha value is 0. The van der Waals surface area contributed by atoms with Crippen LogP contribution >= 0.6 is 0 Å². The number of hydrogen-bond acceptors (Lipinski definition) is 0. The van der Waals surface area contributed by atoms with Gasteiger partial charge in [0.2, 0.25) is 0 Å². The number of unbranched alkanes of at least 4 members (excludes halogenated alkanes) is 1. The third kappa shape index (κ3) is 3.60. The van der Waals surface area contributed by atoms with Crippen LogP contribution in [0.2, 0.25) is 0 Å². The molecule has 0 bridgehead atoms. The highest BCUT2D eigenvalue weighted by Crippen LogP contribution is 2.37. The summed E-state index contributed by atoms with van der Waals surface area (Å²) < 4.78 is 0. The lowest BCUT2D eigenvalue weighted by molar-refractivity contribution is 0.210. The fourth-order valence-corrected chi connectivity index (χ4v) is 2.16. The molecule has 0 saturated carbocycles. The zero-order valence-corrected chi connectivity index (χ0v) is 9.45. The molecule has 0 fully saturated rings. The Kier molecular flexibility index (Phi) is 6.51. The summed E-state index contributed by atoms with van der Waals surface area (Å²) in [6.07, 6.45) is 9.75. The molecule has 0 atom stereocenters. The van der Waals surface area contributed by atoms with Crippen LogP contribution < -0.4 is 0 Å². The van der Waals surface area contributed by atoms with Gasteiger partial charge in [-0.25, -0.2) is 0 Å². The average Bonchev–Trinajstić information content (AvgIpc) is 2.13. The van der Waals surface area contributed by atoms with Gasteiger partial charge < -0.3 is 0 Å². The minimum Gasteiger partial charge on any atom is -0.0654 e. The molecule has 0 radical (unpaired) electrons. The maximum Gasteiger partial charge on any atom is -0.0303 e. The normalized spacial score (nSPS) is 12.0. The minimum atomic E-state index is 0.685. The standard InChI is InChI=1S/C12H26/c1-5-9-11-12(7-3,8-4)10-6-2/h5-11H2,1-4H3. The van der Waals surface area contributed by atoms with Crippen molar-refractivity contribution in [3.63, 3.8) is 0 Å². The van der Waals surface area contributed by atoms with Crippen LogP contribution in [0.5, 0.6) is 0 Å². The van der Waals surface area contributed by atoms with Gasteiger partial charge in [-0.1, -0.05) is 59.8 Å². The first-order valence-electron chi connectivity index (χ1n) is 5.74. The van der Waals surface area contributed by atoms with Crippen molar-refractivity contribution >= 4 is 0 Å². The Morgan fingerprint density at radius 3 is 1.67 bits per heavy atom. The maximum atomic E-state index is 2.36. The second-order valence-corrected chi connectivity index (χ2v) is 4.06. The van der Waals surface area contributed by atoms with E-state index in [9.17, 15) is 0 Å². The number of hydrogen-bond donors (Lipinski definition) is 0. The summed E-state index contributed by atoms with van der Waals surface area (Å²) in [6.45, 7) is 9.32. The van der Waals surface area contributed by atoms with Crippen LogP contribution in [0.1, 0.15) is 72.6 Å². The molecule has 0 nitrogen and oxygen atoms in total. The van der Waals surface area contributed by atoms with E-state index in [0.717, 1.165) is 0 Å². The predicted molar refractivity (Wildman–Crippen MR) is 57.4 cm³/mol. The van der Waals surface area contributed by atoms with Crippen molar-refractivity contribution in [3.8, 4) is 0 Å². The smallest absolute Gasteiger partial charge is 0.0303 e. The topological polar surface area (TPSA) is 0 Å². The van der Waals surface area contributed by atoms with Crippen molar-refractivity contribution in [1.82, 2.24) is 0 Å². The molecule has 0 aromatic rings. The van der Waals surface area contributed by atoms with E-state index in [1.165, 1.54) is 44.9 Å². The molecule has 0 aliphatic carbocycles. The second-order valence-electron chi connectivity index (χ2n) is 4.06. The maximum absolute atomic E-state index is 2.36. The van der Waals surface area contributed by atoms with Crippen LogP contribution in [0.25, 0.3) is 0 Å². The lowest BCUT2D eigenvalue weighted by atomic mass is 9.74. The van der Waals surface area contributed by atoms with E-state index >= 15 is 0 Å². The highest BCUT2D eigenvalue weighted by molar-refractivity contribution is 4.75. The Balaban J connectivity index is 3.95. The van der Waals surface area contributed by atoms with Crippen molar-refractivity contribution in [1.29, 1.82) is 0 Å². The minimum absolute atomic E-state index is 0.685. The molecule has 12 heavy (non-hydrogen) atoms. The van der Waals surface area contributed by atoms with Crippen LogP contribution in [0.15, 0.2) is 0 Å². The molecular weight excluding hydrogens is 144 g/mol. The largest absolute Gasteiger partial charge is 0.0654 e. The summed E-state index contributed by atoms with van der Waals surface area (Å²) in [5.74, 6) is 0. The second kappa shape index (κ2) is 6.51. The summed E-state index contributed by atoms with van der Waals surface area (Å²) in [7, 11) is 0. The van der Waals surface area contributed by atoms with E-state index in [2.05, 4.69) is 27.7 Å². The summed E-state index contributed by atoms with van der Waals surface area (Å²) in [5.41, 5.74) is 0.685. The monoisotopic (exact) mass is 170 g/mol. The molecule has 0 aromatic carbocycles. The highest BCUT2D eigenvalue weighted by Gasteiger charge is 2.23. The van der Waals surface area contributed by atoms with Crippen LogP contribution in [-0.4, -0.2) is 0 Å². The Morgan fingerprint density at radius 1 is 0.750 bits per heavy atom. The molecule has 0 saturated heterocycles. The quantitative estimate of drug-likeness (QED) is 0.515. The zero-order chi connectivity index (χ0) is 9.45. The van der Waals surface area contributed by atoms with Crippen LogP contribution in [0.3, 0.4) is 0 Å².